The monoisotopic (exact) mass is 313 g/mol. The minimum Gasteiger partial charge on any atom is -0.492 e. The fourth-order valence-electron chi connectivity index (χ4n) is 5.76. The Morgan fingerprint density at radius 3 is 2.17 bits per heavy atom. The van der Waals surface area contributed by atoms with Crippen molar-refractivity contribution in [1.82, 2.24) is 5.32 Å². The number of benzene rings is 1. The summed E-state index contributed by atoms with van der Waals surface area (Å²) in [7, 11) is 0. The van der Waals surface area contributed by atoms with Crippen molar-refractivity contribution in [2.45, 2.75) is 50.9 Å². The molecule has 3 heteroatoms. The normalized spacial score (nSPS) is 34.4. The number of carbonyl (C=O) groups is 1. The van der Waals surface area contributed by atoms with Crippen LogP contribution in [0, 0.1) is 17.8 Å². The molecule has 0 spiro atoms. The van der Waals surface area contributed by atoms with E-state index in [1.165, 1.54) is 51.0 Å². The lowest BCUT2D eigenvalue weighted by atomic mass is 9.48. The molecule has 23 heavy (non-hydrogen) atoms. The molecule has 4 bridgehead atoms. The summed E-state index contributed by atoms with van der Waals surface area (Å²) in [6.07, 6.45) is 8.68. The maximum atomic E-state index is 10.8. The van der Waals surface area contributed by atoms with Gasteiger partial charge in [0.2, 0.25) is 5.91 Å². The summed E-state index contributed by atoms with van der Waals surface area (Å²) in [5.41, 5.74) is 1.99. The highest BCUT2D eigenvalue weighted by atomic mass is 16.5. The molecule has 4 saturated carbocycles. The van der Waals surface area contributed by atoms with Crippen LogP contribution in [0.1, 0.15) is 51.0 Å². The molecule has 1 aromatic carbocycles. The Balaban J connectivity index is 1.41. The van der Waals surface area contributed by atoms with Crippen molar-refractivity contribution in [2.75, 3.05) is 13.2 Å². The second-order valence-corrected chi connectivity index (χ2v) is 8.05. The van der Waals surface area contributed by atoms with Crippen molar-refractivity contribution < 1.29 is 9.53 Å². The van der Waals surface area contributed by atoms with Crippen LogP contribution in [0.15, 0.2) is 24.3 Å². The minimum atomic E-state index is -0.00855. The molecule has 0 unspecified atom stereocenters. The Morgan fingerprint density at radius 2 is 1.65 bits per heavy atom. The van der Waals surface area contributed by atoms with Crippen LogP contribution in [0.25, 0.3) is 0 Å². The predicted molar refractivity (Wildman–Crippen MR) is 90.5 cm³/mol. The van der Waals surface area contributed by atoms with Crippen molar-refractivity contribution in [3.8, 4) is 5.75 Å². The summed E-state index contributed by atoms with van der Waals surface area (Å²) in [6, 6.07) is 8.81. The van der Waals surface area contributed by atoms with Gasteiger partial charge in [0, 0.05) is 6.92 Å². The fraction of sp³-hybridized carbons (Fsp3) is 0.650. The molecule has 0 radical (unpaired) electrons. The minimum absolute atomic E-state index is 0.00855. The Hall–Kier alpha value is -1.51. The molecule has 4 fully saturated rings. The third-order valence-corrected chi connectivity index (χ3v) is 6.25. The van der Waals surface area contributed by atoms with Gasteiger partial charge in [0.1, 0.15) is 12.4 Å². The zero-order valence-electron chi connectivity index (χ0n) is 14.0. The average Bonchev–Trinajstić information content (AvgIpc) is 2.51. The first kappa shape index (κ1) is 15.0. The molecule has 1 N–H and O–H groups in total. The van der Waals surface area contributed by atoms with Crippen LogP contribution in [-0.2, 0) is 10.2 Å². The largest absolute Gasteiger partial charge is 0.492 e. The Kier molecular flexibility index (Phi) is 3.82. The van der Waals surface area contributed by atoms with Gasteiger partial charge in [-0.05, 0) is 79.4 Å². The van der Waals surface area contributed by atoms with Crippen molar-refractivity contribution in [3.05, 3.63) is 29.8 Å². The fourth-order valence-corrected chi connectivity index (χ4v) is 5.76. The number of nitrogens with one attached hydrogen (secondary N) is 1. The first-order valence-corrected chi connectivity index (χ1v) is 9.11. The van der Waals surface area contributed by atoms with Gasteiger partial charge in [0.25, 0.3) is 0 Å². The number of hydrogen-bond acceptors (Lipinski definition) is 2. The van der Waals surface area contributed by atoms with Crippen molar-refractivity contribution in [3.63, 3.8) is 0 Å². The van der Waals surface area contributed by atoms with Crippen molar-refractivity contribution in [2.24, 2.45) is 17.8 Å². The lowest BCUT2D eigenvalue weighted by Crippen LogP contribution is -2.48. The highest BCUT2D eigenvalue weighted by Gasteiger charge is 2.51. The van der Waals surface area contributed by atoms with Crippen LogP contribution in [-0.4, -0.2) is 19.1 Å². The van der Waals surface area contributed by atoms with E-state index in [4.69, 9.17) is 4.74 Å². The van der Waals surface area contributed by atoms with Crippen LogP contribution in [0.3, 0.4) is 0 Å². The highest BCUT2D eigenvalue weighted by molar-refractivity contribution is 5.72. The molecule has 1 amide bonds. The van der Waals surface area contributed by atoms with Gasteiger partial charge in [0.05, 0.1) is 6.54 Å². The molecule has 124 valence electrons. The van der Waals surface area contributed by atoms with Gasteiger partial charge in [-0.1, -0.05) is 12.1 Å². The van der Waals surface area contributed by atoms with Crippen molar-refractivity contribution in [1.29, 1.82) is 0 Å². The maximum absolute atomic E-state index is 10.8. The van der Waals surface area contributed by atoms with E-state index >= 15 is 0 Å². The third-order valence-electron chi connectivity index (χ3n) is 6.25. The summed E-state index contributed by atoms with van der Waals surface area (Å²) < 4.78 is 5.72. The van der Waals surface area contributed by atoms with Gasteiger partial charge in [-0.15, -0.1) is 0 Å². The second kappa shape index (κ2) is 5.85. The van der Waals surface area contributed by atoms with Crippen LogP contribution in [0.4, 0.5) is 0 Å². The van der Waals surface area contributed by atoms with E-state index < -0.39 is 0 Å². The van der Waals surface area contributed by atoms with Crippen LogP contribution >= 0.6 is 0 Å². The first-order chi connectivity index (χ1) is 11.1. The van der Waals surface area contributed by atoms with E-state index in [0.29, 0.717) is 18.6 Å². The summed E-state index contributed by atoms with van der Waals surface area (Å²) in [5, 5.41) is 2.75. The van der Waals surface area contributed by atoms with E-state index in [1.54, 1.807) is 0 Å². The van der Waals surface area contributed by atoms with E-state index in [9.17, 15) is 4.79 Å². The number of hydrogen-bond donors (Lipinski definition) is 1. The van der Waals surface area contributed by atoms with Gasteiger partial charge in [-0.25, -0.2) is 0 Å². The summed E-state index contributed by atoms with van der Waals surface area (Å²) in [6.45, 7) is 2.61. The van der Waals surface area contributed by atoms with Gasteiger partial charge in [-0.2, -0.15) is 0 Å². The van der Waals surface area contributed by atoms with Crippen LogP contribution < -0.4 is 10.1 Å². The molecule has 0 atom stereocenters. The SMILES string of the molecule is CC(=O)NCCOc1ccc(C23CC4CC(CC(C4)C2)C3)cc1. The van der Waals surface area contributed by atoms with Crippen LogP contribution in [0.2, 0.25) is 0 Å². The van der Waals surface area contributed by atoms with Crippen LogP contribution in [0.5, 0.6) is 5.75 Å². The molecular formula is C20H27NO2. The second-order valence-electron chi connectivity index (χ2n) is 8.05. The molecular weight excluding hydrogens is 286 g/mol. The van der Waals surface area contributed by atoms with E-state index in [-0.39, 0.29) is 5.91 Å². The molecule has 4 aliphatic carbocycles. The van der Waals surface area contributed by atoms with Gasteiger partial charge >= 0.3 is 0 Å². The number of rotatable bonds is 5. The highest BCUT2D eigenvalue weighted by Crippen LogP contribution is 2.60. The number of amides is 1. The molecule has 4 aliphatic rings. The quantitative estimate of drug-likeness (QED) is 0.842. The lowest BCUT2D eigenvalue weighted by molar-refractivity contribution is -0.119. The standard InChI is InChI=1S/C20H27NO2/c1-14(22)21-6-7-23-19-4-2-18(3-5-19)20-11-15-8-16(12-20)10-17(9-15)13-20/h2-5,15-17H,6-13H2,1H3,(H,21,22). The van der Waals surface area contributed by atoms with E-state index in [2.05, 4.69) is 29.6 Å². The van der Waals surface area contributed by atoms with E-state index in [1.807, 2.05) is 0 Å². The molecule has 1 aromatic rings. The summed E-state index contributed by atoms with van der Waals surface area (Å²) in [4.78, 5) is 10.8. The van der Waals surface area contributed by atoms with Gasteiger partial charge < -0.3 is 10.1 Å². The zero-order valence-corrected chi connectivity index (χ0v) is 14.0. The first-order valence-electron chi connectivity index (χ1n) is 9.11. The molecule has 0 saturated heterocycles. The molecule has 5 rings (SSSR count). The maximum Gasteiger partial charge on any atom is 0.216 e. The Bertz CT molecular complexity index is 543. The molecule has 0 heterocycles. The molecule has 3 nitrogen and oxygen atoms in total. The average molecular weight is 313 g/mol. The van der Waals surface area contributed by atoms with E-state index in [0.717, 1.165) is 23.5 Å². The smallest absolute Gasteiger partial charge is 0.216 e. The number of carbonyl (C=O) groups excluding carboxylic acids is 1. The lowest BCUT2D eigenvalue weighted by Gasteiger charge is -2.57. The molecule has 0 aromatic heterocycles. The number of ether oxygens (including phenoxy) is 1. The topological polar surface area (TPSA) is 38.3 Å². The third kappa shape index (κ3) is 2.98. The summed E-state index contributed by atoms with van der Waals surface area (Å²) >= 11 is 0. The van der Waals surface area contributed by atoms with Gasteiger partial charge in [0.15, 0.2) is 0 Å². The van der Waals surface area contributed by atoms with Gasteiger partial charge in [-0.3, -0.25) is 4.79 Å². The summed E-state index contributed by atoms with van der Waals surface area (Å²) in [5.74, 6) is 3.84. The molecule has 0 aliphatic heterocycles. The predicted octanol–water partition coefficient (Wildman–Crippen LogP) is 3.67. The zero-order chi connectivity index (χ0) is 15.9. The van der Waals surface area contributed by atoms with Crippen molar-refractivity contribution >= 4 is 5.91 Å². The Labute approximate surface area is 138 Å². The Morgan fingerprint density at radius 1 is 1.09 bits per heavy atom.